The number of carbonyl (C=O) groups excluding carboxylic acids is 1. The van der Waals surface area contributed by atoms with Crippen LogP contribution in [0.2, 0.25) is 0 Å². The van der Waals surface area contributed by atoms with Gasteiger partial charge in [0.1, 0.15) is 12.4 Å². The third-order valence-corrected chi connectivity index (χ3v) is 4.31. The Hall–Kier alpha value is -3.26. The second-order valence-electron chi connectivity index (χ2n) is 6.22. The van der Waals surface area contributed by atoms with Crippen LogP contribution in [0.25, 0.3) is 10.9 Å². The lowest BCUT2D eigenvalue weighted by atomic mass is 10.2. The molecule has 0 aliphatic carbocycles. The third kappa shape index (κ3) is 4.01. The fourth-order valence-electron chi connectivity index (χ4n) is 2.98. The molecule has 0 aliphatic heterocycles. The Labute approximate surface area is 160 Å². The van der Waals surface area contributed by atoms with Crippen molar-refractivity contribution in [2.45, 2.75) is 19.5 Å². The molecule has 1 heterocycles. The summed E-state index contributed by atoms with van der Waals surface area (Å²) in [5.74, 6) is -1.14. The van der Waals surface area contributed by atoms with Gasteiger partial charge in [-0.25, -0.2) is 9.18 Å². The Morgan fingerprint density at radius 2 is 1.79 bits per heavy atom. The van der Waals surface area contributed by atoms with Crippen molar-refractivity contribution in [1.29, 1.82) is 0 Å². The topological polar surface area (TPSA) is 82.3 Å². The number of hydrogen-bond donors (Lipinski definition) is 1. The summed E-state index contributed by atoms with van der Waals surface area (Å²) in [5.41, 5.74) is -0.631. The molecule has 0 saturated heterocycles. The van der Waals surface area contributed by atoms with Crippen LogP contribution < -0.4 is 16.6 Å². The lowest BCUT2D eigenvalue weighted by Crippen LogP contribution is -2.42. The summed E-state index contributed by atoms with van der Waals surface area (Å²) < 4.78 is 21.1. The van der Waals surface area contributed by atoms with Crippen molar-refractivity contribution < 1.29 is 13.9 Å². The van der Waals surface area contributed by atoms with Gasteiger partial charge >= 0.3 is 5.69 Å². The number of para-hydroxylation sites is 2. The van der Waals surface area contributed by atoms with Crippen LogP contribution in [0.4, 0.5) is 10.1 Å². The molecule has 1 aromatic heterocycles. The van der Waals surface area contributed by atoms with E-state index in [-0.39, 0.29) is 18.8 Å². The molecule has 0 aliphatic rings. The Kier molecular flexibility index (Phi) is 6.00. The van der Waals surface area contributed by atoms with E-state index in [9.17, 15) is 18.8 Å². The van der Waals surface area contributed by atoms with Crippen LogP contribution in [0.1, 0.15) is 6.42 Å². The van der Waals surface area contributed by atoms with Crippen LogP contribution in [0.5, 0.6) is 0 Å². The van der Waals surface area contributed by atoms with E-state index in [4.69, 9.17) is 4.74 Å². The Morgan fingerprint density at radius 1 is 1.07 bits per heavy atom. The van der Waals surface area contributed by atoms with Gasteiger partial charge in [0.05, 0.1) is 16.6 Å². The Bertz CT molecular complexity index is 1120. The molecule has 0 saturated carbocycles. The van der Waals surface area contributed by atoms with E-state index < -0.39 is 23.0 Å². The molecular formula is C20H20FN3O4. The van der Waals surface area contributed by atoms with Gasteiger partial charge in [-0.3, -0.25) is 18.7 Å². The summed E-state index contributed by atoms with van der Waals surface area (Å²) in [4.78, 5) is 38.0. The molecule has 1 N–H and O–H groups in total. The first-order valence-corrected chi connectivity index (χ1v) is 8.78. The smallest absolute Gasteiger partial charge is 0.331 e. The zero-order valence-corrected chi connectivity index (χ0v) is 15.4. The first-order chi connectivity index (χ1) is 13.5. The summed E-state index contributed by atoms with van der Waals surface area (Å²) in [6.45, 7) is 0.218. The number of anilines is 1. The van der Waals surface area contributed by atoms with Crippen LogP contribution in [0.15, 0.2) is 58.1 Å². The molecule has 0 radical (unpaired) electrons. The van der Waals surface area contributed by atoms with Crippen LogP contribution in [-0.2, 0) is 22.6 Å². The minimum absolute atomic E-state index is 0.0262. The number of methoxy groups -OCH3 is 1. The van der Waals surface area contributed by atoms with E-state index in [1.165, 1.54) is 29.9 Å². The summed E-state index contributed by atoms with van der Waals surface area (Å²) >= 11 is 0. The lowest BCUT2D eigenvalue weighted by Gasteiger charge is -2.14. The van der Waals surface area contributed by atoms with E-state index in [1.54, 1.807) is 30.3 Å². The van der Waals surface area contributed by atoms with Crippen molar-refractivity contribution in [3.8, 4) is 0 Å². The molecule has 28 heavy (non-hydrogen) atoms. The van der Waals surface area contributed by atoms with Gasteiger partial charge in [0.2, 0.25) is 5.91 Å². The highest BCUT2D eigenvalue weighted by Crippen LogP contribution is 2.13. The number of rotatable bonds is 7. The van der Waals surface area contributed by atoms with Crippen molar-refractivity contribution in [3.05, 3.63) is 75.2 Å². The monoisotopic (exact) mass is 385 g/mol. The standard InChI is InChI=1S/C20H20FN3O4/c1-28-12-6-11-23-19(26)14-7-2-5-10-17(14)24(20(23)27)13-18(25)22-16-9-4-3-8-15(16)21/h2-5,7-10H,6,11-13H2,1H3,(H,22,25). The maximum atomic E-state index is 13.8. The first-order valence-electron chi connectivity index (χ1n) is 8.78. The quantitative estimate of drug-likeness (QED) is 0.631. The fourth-order valence-corrected chi connectivity index (χ4v) is 2.98. The Morgan fingerprint density at radius 3 is 2.54 bits per heavy atom. The minimum Gasteiger partial charge on any atom is -0.385 e. The number of amides is 1. The van der Waals surface area contributed by atoms with E-state index in [2.05, 4.69) is 5.32 Å². The Balaban J connectivity index is 1.99. The number of aromatic nitrogens is 2. The number of halogens is 1. The number of benzene rings is 2. The zero-order valence-electron chi connectivity index (χ0n) is 15.4. The van der Waals surface area contributed by atoms with Crippen LogP contribution >= 0.6 is 0 Å². The number of carbonyl (C=O) groups is 1. The summed E-state index contributed by atoms with van der Waals surface area (Å²) in [6.07, 6.45) is 0.478. The minimum atomic E-state index is -0.594. The largest absolute Gasteiger partial charge is 0.385 e. The molecule has 0 unspecified atom stereocenters. The summed E-state index contributed by atoms with van der Waals surface area (Å²) in [6, 6.07) is 12.4. The first kappa shape index (κ1) is 19.5. The second kappa shape index (κ2) is 8.62. The van der Waals surface area contributed by atoms with Gasteiger partial charge < -0.3 is 10.1 Å². The van der Waals surface area contributed by atoms with Gasteiger partial charge in [-0.1, -0.05) is 24.3 Å². The van der Waals surface area contributed by atoms with Crippen LogP contribution in [0, 0.1) is 5.82 Å². The molecule has 146 valence electrons. The average molecular weight is 385 g/mol. The van der Waals surface area contributed by atoms with Gasteiger partial charge in [-0.15, -0.1) is 0 Å². The van der Waals surface area contributed by atoms with E-state index in [0.29, 0.717) is 23.9 Å². The van der Waals surface area contributed by atoms with E-state index >= 15 is 0 Å². The normalized spacial score (nSPS) is 10.9. The molecule has 0 fully saturated rings. The van der Waals surface area contributed by atoms with Crippen molar-refractivity contribution in [1.82, 2.24) is 9.13 Å². The number of fused-ring (bicyclic) bond motifs is 1. The lowest BCUT2D eigenvalue weighted by molar-refractivity contribution is -0.116. The molecule has 0 spiro atoms. The van der Waals surface area contributed by atoms with E-state index in [0.717, 1.165) is 4.57 Å². The fraction of sp³-hybridized carbons (Fsp3) is 0.250. The van der Waals surface area contributed by atoms with Crippen LogP contribution in [-0.4, -0.2) is 28.8 Å². The SMILES string of the molecule is COCCCn1c(=O)c2ccccc2n(CC(=O)Nc2ccccc2F)c1=O. The summed E-state index contributed by atoms with van der Waals surface area (Å²) in [5, 5.41) is 2.79. The number of nitrogens with zero attached hydrogens (tertiary/aromatic N) is 2. The molecule has 0 atom stereocenters. The number of ether oxygens (including phenoxy) is 1. The van der Waals surface area contributed by atoms with Crippen LogP contribution in [0.3, 0.4) is 0 Å². The predicted molar refractivity (Wildman–Crippen MR) is 104 cm³/mol. The number of hydrogen-bond acceptors (Lipinski definition) is 4. The average Bonchev–Trinajstić information content (AvgIpc) is 2.69. The molecule has 1 amide bonds. The highest BCUT2D eigenvalue weighted by atomic mass is 19.1. The molecule has 7 nitrogen and oxygen atoms in total. The predicted octanol–water partition coefficient (Wildman–Crippen LogP) is 1.98. The molecule has 8 heteroatoms. The van der Waals surface area contributed by atoms with Gasteiger partial charge in [0, 0.05) is 20.3 Å². The van der Waals surface area contributed by atoms with Crippen molar-refractivity contribution >= 4 is 22.5 Å². The van der Waals surface area contributed by atoms with Gasteiger partial charge in [-0.05, 0) is 30.7 Å². The highest BCUT2D eigenvalue weighted by Gasteiger charge is 2.15. The van der Waals surface area contributed by atoms with Crippen molar-refractivity contribution in [3.63, 3.8) is 0 Å². The highest BCUT2D eigenvalue weighted by molar-refractivity contribution is 5.91. The van der Waals surface area contributed by atoms with E-state index in [1.807, 2.05) is 0 Å². The molecule has 2 aromatic carbocycles. The third-order valence-electron chi connectivity index (χ3n) is 4.31. The maximum absolute atomic E-state index is 13.8. The number of nitrogens with one attached hydrogen (secondary N) is 1. The molecule has 3 rings (SSSR count). The molecule has 3 aromatic rings. The zero-order chi connectivity index (χ0) is 20.1. The van der Waals surface area contributed by atoms with Gasteiger partial charge in [0.15, 0.2) is 0 Å². The van der Waals surface area contributed by atoms with Gasteiger partial charge in [-0.2, -0.15) is 0 Å². The summed E-state index contributed by atoms with van der Waals surface area (Å²) in [7, 11) is 1.54. The molecule has 0 bridgehead atoms. The van der Waals surface area contributed by atoms with Crippen molar-refractivity contribution in [2.24, 2.45) is 0 Å². The van der Waals surface area contributed by atoms with Gasteiger partial charge in [0.25, 0.3) is 5.56 Å². The second-order valence-corrected chi connectivity index (χ2v) is 6.22. The maximum Gasteiger partial charge on any atom is 0.331 e. The molecular weight excluding hydrogens is 365 g/mol. The van der Waals surface area contributed by atoms with Crippen molar-refractivity contribution in [2.75, 3.05) is 19.0 Å².